The van der Waals surface area contributed by atoms with Crippen molar-refractivity contribution in [2.45, 2.75) is 39.7 Å². The highest BCUT2D eigenvalue weighted by molar-refractivity contribution is 5.59. The summed E-state index contributed by atoms with van der Waals surface area (Å²) in [6.45, 7) is 7.98. The summed E-state index contributed by atoms with van der Waals surface area (Å²) in [6.07, 6.45) is 0.145. The first-order valence-electron chi connectivity index (χ1n) is 6.84. The van der Waals surface area contributed by atoms with Crippen LogP contribution in [0.3, 0.4) is 0 Å². The molecule has 0 amide bonds. The molecule has 0 saturated heterocycles. The standard InChI is InChI=1S/C16H20N2O2/c1-10(2)16-17-14(9-15(19)18-16)12-5-7-13(8-6-12)20-11(3)4/h5-11H,1-4H3,(H,17,18,19). The fourth-order valence-electron chi connectivity index (χ4n) is 1.87. The smallest absolute Gasteiger partial charge is 0.251 e. The molecular formula is C16H20N2O2. The SMILES string of the molecule is CC(C)Oc1ccc(-c2cc(=O)[nH]c(C(C)C)n2)cc1. The van der Waals surface area contributed by atoms with Crippen molar-refractivity contribution in [3.05, 3.63) is 46.5 Å². The molecule has 1 N–H and O–H groups in total. The molecule has 0 spiro atoms. The van der Waals surface area contributed by atoms with Gasteiger partial charge in [-0.1, -0.05) is 13.8 Å². The van der Waals surface area contributed by atoms with Gasteiger partial charge in [-0.3, -0.25) is 4.79 Å². The molecule has 0 aliphatic carbocycles. The maximum atomic E-state index is 11.7. The maximum absolute atomic E-state index is 11.7. The van der Waals surface area contributed by atoms with Crippen LogP contribution in [0.1, 0.15) is 39.4 Å². The zero-order chi connectivity index (χ0) is 14.7. The first-order chi connectivity index (χ1) is 9.45. The molecule has 0 atom stereocenters. The van der Waals surface area contributed by atoms with E-state index in [2.05, 4.69) is 9.97 Å². The van der Waals surface area contributed by atoms with Crippen molar-refractivity contribution in [1.29, 1.82) is 0 Å². The third-order valence-electron chi connectivity index (χ3n) is 2.83. The molecule has 1 aromatic heterocycles. The van der Waals surface area contributed by atoms with Crippen LogP contribution in [0, 0.1) is 0 Å². The summed E-state index contributed by atoms with van der Waals surface area (Å²) in [6, 6.07) is 9.15. The third kappa shape index (κ3) is 3.47. The molecule has 0 aliphatic rings. The first kappa shape index (κ1) is 14.3. The number of rotatable bonds is 4. The lowest BCUT2D eigenvalue weighted by Gasteiger charge is -2.10. The number of nitrogens with zero attached hydrogens (tertiary/aromatic N) is 1. The second-order valence-electron chi connectivity index (χ2n) is 5.36. The van der Waals surface area contributed by atoms with Crippen molar-refractivity contribution < 1.29 is 4.74 Å². The summed E-state index contributed by atoms with van der Waals surface area (Å²) in [5, 5.41) is 0. The minimum atomic E-state index is -0.124. The van der Waals surface area contributed by atoms with E-state index in [0.29, 0.717) is 11.5 Å². The molecule has 0 saturated carbocycles. The van der Waals surface area contributed by atoms with Crippen LogP contribution in [0.4, 0.5) is 0 Å². The summed E-state index contributed by atoms with van der Waals surface area (Å²) in [4.78, 5) is 18.9. The number of H-pyrrole nitrogens is 1. The maximum Gasteiger partial charge on any atom is 0.251 e. The Morgan fingerprint density at radius 1 is 1.10 bits per heavy atom. The third-order valence-corrected chi connectivity index (χ3v) is 2.83. The molecule has 0 unspecified atom stereocenters. The topological polar surface area (TPSA) is 55.0 Å². The minimum absolute atomic E-state index is 0.124. The van der Waals surface area contributed by atoms with Crippen LogP contribution in [0.25, 0.3) is 11.3 Å². The van der Waals surface area contributed by atoms with Gasteiger partial charge in [0.15, 0.2) is 0 Å². The average Bonchev–Trinajstić information content (AvgIpc) is 2.38. The van der Waals surface area contributed by atoms with Crippen molar-refractivity contribution in [2.24, 2.45) is 0 Å². The predicted molar refractivity (Wildman–Crippen MR) is 80.1 cm³/mol. The number of nitrogens with one attached hydrogen (secondary N) is 1. The zero-order valence-corrected chi connectivity index (χ0v) is 12.3. The molecule has 1 aromatic carbocycles. The fraction of sp³-hybridized carbons (Fsp3) is 0.375. The summed E-state index contributed by atoms with van der Waals surface area (Å²) in [5.41, 5.74) is 1.48. The van der Waals surface area contributed by atoms with Crippen molar-refractivity contribution in [2.75, 3.05) is 0 Å². The highest BCUT2D eigenvalue weighted by Crippen LogP contribution is 2.21. The summed E-state index contributed by atoms with van der Waals surface area (Å²) < 4.78 is 5.60. The van der Waals surface area contributed by atoms with Gasteiger partial charge in [-0.25, -0.2) is 4.98 Å². The molecule has 4 nitrogen and oxygen atoms in total. The Labute approximate surface area is 118 Å². The summed E-state index contributed by atoms with van der Waals surface area (Å²) in [5.74, 6) is 1.71. The Kier molecular flexibility index (Phi) is 4.23. The van der Waals surface area contributed by atoms with Gasteiger partial charge in [-0.05, 0) is 38.1 Å². The van der Waals surface area contributed by atoms with Crippen LogP contribution >= 0.6 is 0 Å². The average molecular weight is 272 g/mol. The second kappa shape index (κ2) is 5.90. The molecular weight excluding hydrogens is 252 g/mol. The quantitative estimate of drug-likeness (QED) is 0.928. The van der Waals surface area contributed by atoms with Gasteiger partial charge in [-0.15, -0.1) is 0 Å². The van der Waals surface area contributed by atoms with E-state index in [1.165, 1.54) is 6.07 Å². The van der Waals surface area contributed by atoms with Crippen molar-refractivity contribution in [3.63, 3.8) is 0 Å². The van der Waals surface area contributed by atoms with E-state index in [-0.39, 0.29) is 17.6 Å². The molecule has 106 valence electrons. The molecule has 2 rings (SSSR count). The van der Waals surface area contributed by atoms with Gasteiger partial charge in [0.05, 0.1) is 11.8 Å². The second-order valence-corrected chi connectivity index (χ2v) is 5.36. The number of aromatic nitrogens is 2. The normalized spacial score (nSPS) is 11.1. The van der Waals surface area contributed by atoms with Gasteiger partial charge in [0.2, 0.25) is 0 Å². The molecule has 0 aliphatic heterocycles. The molecule has 0 radical (unpaired) electrons. The van der Waals surface area contributed by atoms with Crippen LogP contribution in [0.15, 0.2) is 35.1 Å². The van der Waals surface area contributed by atoms with Crippen LogP contribution in [-0.4, -0.2) is 16.1 Å². The highest BCUT2D eigenvalue weighted by atomic mass is 16.5. The fourth-order valence-corrected chi connectivity index (χ4v) is 1.87. The van der Waals surface area contributed by atoms with Crippen molar-refractivity contribution >= 4 is 0 Å². The van der Waals surface area contributed by atoms with E-state index < -0.39 is 0 Å². The molecule has 0 fully saturated rings. The van der Waals surface area contributed by atoms with E-state index in [9.17, 15) is 4.79 Å². The summed E-state index contributed by atoms with van der Waals surface area (Å²) in [7, 11) is 0. The van der Waals surface area contributed by atoms with E-state index in [1.54, 1.807) is 0 Å². The number of hydrogen-bond donors (Lipinski definition) is 1. The Bertz CT molecular complexity index is 628. The largest absolute Gasteiger partial charge is 0.491 e. The Hall–Kier alpha value is -2.10. The predicted octanol–water partition coefficient (Wildman–Crippen LogP) is 3.35. The molecule has 4 heteroatoms. The summed E-state index contributed by atoms with van der Waals surface area (Å²) >= 11 is 0. The molecule has 20 heavy (non-hydrogen) atoms. The first-order valence-corrected chi connectivity index (χ1v) is 6.84. The molecule has 1 heterocycles. The van der Waals surface area contributed by atoms with E-state index in [4.69, 9.17) is 4.74 Å². The van der Waals surface area contributed by atoms with Gasteiger partial charge in [0.1, 0.15) is 11.6 Å². The number of benzene rings is 1. The van der Waals surface area contributed by atoms with E-state index >= 15 is 0 Å². The van der Waals surface area contributed by atoms with Crippen molar-refractivity contribution in [1.82, 2.24) is 9.97 Å². The van der Waals surface area contributed by atoms with Gasteiger partial charge in [0.25, 0.3) is 5.56 Å². The lowest BCUT2D eigenvalue weighted by atomic mass is 10.1. The minimum Gasteiger partial charge on any atom is -0.491 e. The van der Waals surface area contributed by atoms with Crippen LogP contribution in [0.2, 0.25) is 0 Å². The molecule has 0 bridgehead atoms. The number of hydrogen-bond acceptors (Lipinski definition) is 3. The van der Waals surface area contributed by atoms with Crippen LogP contribution in [0.5, 0.6) is 5.75 Å². The Morgan fingerprint density at radius 2 is 1.75 bits per heavy atom. The lowest BCUT2D eigenvalue weighted by Crippen LogP contribution is -2.12. The van der Waals surface area contributed by atoms with Crippen LogP contribution < -0.4 is 10.3 Å². The van der Waals surface area contributed by atoms with Crippen LogP contribution in [-0.2, 0) is 0 Å². The number of ether oxygens (including phenoxy) is 1. The van der Waals surface area contributed by atoms with E-state index in [0.717, 1.165) is 11.3 Å². The monoisotopic (exact) mass is 272 g/mol. The van der Waals surface area contributed by atoms with Gasteiger partial charge < -0.3 is 9.72 Å². The Morgan fingerprint density at radius 3 is 2.30 bits per heavy atom. The Balaban J connectivity index is 2.34. The zero-order valence-electron chi connectivity index (χ0n) is 12.3. The highest BCUT2D eigenvalue weighted by Gasteiger charge is 2.07. The number of aromatic amines is 1. The van der Waals surface area contributed by atoms with Crippen molar-refractivity contribution in [3.8, 4) is 17.0 Å². The lowest BCUT2D eigenvalue weighted by molar-refractivity contribution is 0.242. The van der Waals surface area contributed by atoms with Gasteiger partial charge in [0, 0.05) is 17.5 Å². The van der Waals surface area contributed by atoms with Gasteiger partial charge in [-0.2, -0.15) is 0 Å². The van der Waals surface area contributed by atoms with E-state index in [1.807, 2.05) is 52.0 Å². The van der Waals surface area contributed by atoms with Gasteiger partial charge >= 0.3 is 0 Å². The molecule has 2 aromatic rings.